The first kappa shape index (κ1) is 87.1. The van der Waals surface area contributed by atoms with Gasteiger partial charge in [-0.3, -0.25) is 37.3 Å². The molecule has 0 bridgehead atoms. The predicted molar refractivity (Wildman–Crippen MR) is 358 cm³/mol. The van der Waals surface area contributed by atoms with E-state index in [-0.39, 0.29) is 25.7 Å². The lowest BCUT2D eigenvalue weighted by molar-refractivity contribution is -0.161. The lowest BCUT2D eigenvalue weighted by Crippen LogP contribution is -2.30. The summed E-state index contributed by atoms with van der Waals surface area (Å²) >= 11 is 0. The molecule has 0 aliphatic carbocycles. The van der Waals surface area contributed by atoms with Gasteiger partial charge in [-0.1, -0.05) is 311 Å². The number of carbonyl (C=O) groups excluding carboxylic acids is 4. The highest BCUT2D eigenvalue weighted by atomic mass is 31.2. The van der Waals surface area contributed by atoms with Crippen molar-refractivity contribution in [3.05, 3.63) is 0 Å². The van der Waals surface area contributed by atoms with Gasteiger partial charge in [-0.2, -0.15) is 0 Å². The highest BCUT2D eigenvalue weighted by Crippen LogP contribution is 2.45. The van der Waals surface area contributed by atoms with Crippen LogP contribution >= 0.6 is 15.6 Å². The van der Waals surface area contributed by atoms with E-state index < -0.39 is 97.5 Å². The number of carbonyl (C=O) groups is 4. The van der Waals surface area contributed by atoms with E-state index in [0.717, 1.165) is 102 Å². The van der Waals surface area contributed by atoms with E-state index >= 15 is 0 Å². The highest BCUT2D eigenvalue weighted by molar-refractivity contribution is 7.47. The van der Waals surface area contributed by atoms with E-state index in [2.05, 4.69) is 34.6 Å². The number of ether oxygens (including phenoxy) is 4. The first-order valence-corrected chi connectivity index (χ1v) is 39.7. The molecule has 0 aliphatic rings. The summed E-state index contributed by atoms with van der Waals surface area (Å²) in [5, 5.41) is 10.6. The number of phosphoric acid groups is 2. The number of aliphatic hydroxyl groups excluding tert-OH is 1. The lowest BCUT2D eigenvalue weighted by Gasteiger charge is -2.21. The zero-order chi connectivity index (χ0) is 65.6. The molecular formula is C70H136O17P2. The fourth-order valence-corrected chi connectivity index (χ4v) is 12.2. The molecule has 0 saturated carbocycles. The fraction of sp³-hybridized carbons (Fsp3) is 0.943. The van der Waals surface area contributed by atoms with Gasteiger partial charge in [-0.25, -0.2) is 9.13 Å². The first-order chi connectivity index (χ1) is 43.1. The van der Waals surface area contributed by atoms with Crippen molar-refractivity contribution in [2.75, 3.05) is 39.6 Å². The van der Waals surface area contributed by atoms with Gasteiger partial charge in [-0.15, -0.1) is 0 Å². The Morgan fingerprint density at radius 3 is 0.798 bits per heavy atom. The van der Waals surface area contributed by atoms with Crippen LogP contribution in [0.3, 0.4) is 0 Å². The summed E-state index contributed by atoms with van der Waals surface area (Å²) < 4.78 is 68.2. The van der Waals surface area contributed by atoms with Gasteiger partial charge in [0.25, 0.3) is 0 Å². The quantitative estimate of drug-likeness (QED) is 0.0222. The second-order valence-corrected chi connectivity index (χ2v) is 28.4. The Morgan fingerprint density at radius 1 is 0.315 bits per heavy atom. The molecule has 0 amide bonds. The summed E-state index contributed by atoms with van der Waals surface area (Å²) in [6, 6.07) is 0. The summed E-state index contributed by atoms with van der Waals surface area (Å²) in [5.41, 5.74) is 0. The molecule has 17 nitrogen and oxygen atoms in total. The van der Waals surface area contributed by atoms with Crippen molar-refractivity contribution in [3.63, 3.8) is 0 Å². The van der Waals surface area contributed by atoms with Crippen molar-refractivity contribution in [2.45, 2.75) is 380 Å². The third-order valence-corrected chi connectivity index (χ3v) is 18.5. The predicted octanol–water partition coefficient (Wildman–Crippen LogP) is 20.1. The van der Waals surface area contributed by atoms with E-state index in [0.29, 0.717) is 25.7 Å². The average molecular weight is 1310 g/mol. The molecule has 19 heteroatoms. The van der Waals surface area contributed by atoms with E-state index in [1.165, 1.54) is 180 Å². The zero-order valence-electron chi connectivity index (χ0n) is 57.6. The molecule has 0 fully saturated rings. The van der Waals surface area contributed by atoms with Crippen LogP contribution in [0.2, 0.25) is 0 Å². The van der Waals surface area contributed by atoms with Crippen LogP contribution in [-0.4, -0.2) is 96.7 Å². The van der Waals surface area contributed by atoms with E-state index in [9.17, 15) is 43.2 Å². The van der Waals surface area contributed by atoms with Crippen LogP contribution in [0.5, 0.6) is 0 Å². The number of phosphoric ester groups is 2. The third-order valence-electron chi connectivity index (χ3n) is 16.6. The van der Waals surface area contributed by atoms with Crippen molar-refractivity contribution in [1.82, 2.24) is 0 Å². The maximum absolute atomic E-state index is 13.0. The summed E-state index contributed by atoms with van der Waals surface area (Å²) in [6.07, 6.45) is 50.2. The van der Waals surface area contributed by atoms with Crippen molar-refractivity contribution in [2.24, 2.45) is 5.92 Å². The number of hydrogen-bond donors (Lipinski definition) is 3. The molecule has 6 atom stereocenters. The topological polar surface area (TPSA) is 237 Å². The van der Waals surface area contributed by atoms with Crippen molar-refractivity contribution in [3.8, 4) is 0 Å². The monoisotopic (exact) mass is 1310 g/mol. The van der Waals surface area contributed by atoms with Crippen LogP contribution in [0.1, 0.15) is 362 Å². The smallest absolute Gasteiger partial charge is 0.462 e. The zero-order valence-corrected chi connectivity index (χ0v) is 59.4. The molecule has 3 unspecified atom stereocenters. The van der Waals surface area contributed by atoms with Crippen LogP contribution < -0.4 is 0 Å². The molecule has 0 heterocycles. The summed E-state index contributed by atoms with van der Waals surface area (Å²) in [5.74, 6) is -1.41. The van der Waals surface area contributed by atoms with Crippen molar-refractivity contribution >= 4 is 39.5 Å². The van der Waals surface area contributed by atoms with Crippen molar-refractivity contribution in [1.29, 1.82) is 0 Å². The second kappa shape index (κ2) is 63.5. The normalized spacial score (nSPS) is 14.4. The number of esters is 4. The maximum Gasteiger partial charge on any atom is 0.472 e. The van der Waals surface area contributed by atoms with Gasteiger partial charge < -0.3 is 33.8 Å². The standard InChI is InChI=1S/C70H136O17P2/c1-6-10-13-16-19-22-24-25-26-27-28-29-30-31-32-34-36-39-45-50-55-69(74)86-65(59-81-68(73)54-49-44-38-35-33-23-20-17-14-11-7-2)61-84-88(76,77)82-57-64(71)58-83-89(78,79)85-62-66(60-80-67(72)53-48-43-37-21-18-15-12-8-3)87-70(75)56-51-46-41-40-42-47-52-63(5)9-4/h63-66,71H,6-62H2,1-5H3,(H,76,77)(H,78,79)/t63?,64-,65-,66-/m1/s1. The third kappa shape index (κ3) is 63.2. The Balaban J connectivity index is 5.16. The number of unbranched alkanes of at least 4 members (excludes halogenated alkanes) is 41. The average Bonchev–Trinajstić information content (AvgIpc) is 3.60. The highest BCUT2D eigenvalue weighted by Gasteiger charge is 2.30. The van der Waals surface area contributed by atoms with Crippen LogP contribution in [0.4, 0.5) is 0 Å². The summed E-state index contributed by atoms with van der Waals surface area (Å²) in [6.45, 7) is 7.16. The maximum atomic E-state index is 13.0. The van der Waals surface area contributed by atoms with Gasteiger partial charge >= 0.3 is 39.5 Å². The number of aliphatic hydroxyl groups is 1. The molecule has 0 aliphatic heterocycles. The molecule has 0 aromatic rings. The Morgan fingerprint density at radius 2 is 0.539 bits per heavy atom. The Hall–Kier alpha value is -1.94. The Labute approximate surface area is 543 Å². The Kier molecular flexibility index (Phi) is 62.1. The molecule has 0 spiro atoms. The second-order valence-electron chi connectivity index (χ2n) is 25.5. The summed E-state index contributed by atoms with van der Waals surface area (Å²) in [7, 11) is -9.89. The van der Waals surface area contributed by atoms with Crippen LogP contribution in [0.25, 0.3) is 0 Å². The summed E-state index contributed by atoms with van der Waals surface area (Å²) in [4.78, 5) is 72.4. The van der Waals surface area contributed by atoms with Gasteiger partial charge in [0.05, 0.1) is 26.4 Å². The molecule has 0 rings (SSSR count). The number of hydrogen-bond acceptors (Lipinski definition) is 15. The van der Waals surface area contributed by atoms with Crippen LogP contribution in [-0.2, 0) is 65.4 Å². The fourth-order valence-electron chi connectivity index (χ4n) is 10.6. The molecule has 89 heavy (non-hydrogen) atoms. The Bertz CT molecular complexity index is 1720. The van der Waals surface area contributed by atoms with Gasteiger partial charge in [0.1, 0.15) is 19.3 Å². The van der Waals surface area contributed by atoms with Crippen molar-refractivity contribution < 1.29 is 80.2 Å². The van der Waals surface area contributed by atoms with Gasteiger partial charge in [0.2, 0.25) is 0 Å². The molecule has 0 aromatic heterocycles. The lowest BCUT2D eigenvalue weighted by atomic mass is 10.00. The van der Waals surface area contributed by atoms with Crippen LogP contribution in [0.15, 0.2) is 0 Å². The van der Waals surface area contributed by atoms with Gasteiger partial charge in [0, 0.05) is 25.7 Å². The van der Waals surface area contributed by atoms with E-state index in [4.69, 9.17) is 37.0 Å². The van der Waals surface area contributed by atoms with Crippen LogP contribution in [0, 0.1) is 5.92 Å². The number of rotatable bonds is 70. The molecule has 528 valence electrons. The minimum atomic E-state index is -4.95. The molecule has 0 saturated heterocycles. The molecule has 0 radical (unpaired) electrons. The van der Waals surface area contributed by atoms with Gasteiger partial charge in [-0.05, 0) is 31.6 Å². The van der Waals surface area contributed by atoms with E-state index in [1.54, 1.807) is 0 Å². The molecule has 3 N–H and O–H groups in total. The van der Waals surface area contributed by atoms with E-state index in [1.807, 2.05) is 0 Å². The minimum absolute atomic E-state index is 0.103. The SMILES string of the molecule is CCCCCCCCCCCCCCCCCCCCCCC(=O)O[C@H](COC(=O)CCCCCCCCCCCCC)COP(=O)(O)OC[C@@H](O)COP(=O)(O)OC[C@@H](COC(=O)CCCCCCCCCC)OC(=O)CCCCCCCCC(C)CC. The van der Waals surface area contributed by atoms with Gasteiger partial charge in [0.15, 0.2) is 12.2 Å². The molecule has 0 aromatic carbocycles. The first-order valence-electron chi connectivity index (χ1n) is 36.7. The minimum Gasteiger partial charge on any atom is -0.462 e. The molecular weight excluding hydrogens is 1170 g/mol. The largest absolute Gasteiger partial charge is 0.472 e.